The summed E-state index contributed by atoms with van der Waals surface area (Å²) in [6.45, 7) is 6.83. The maximum absolute atomic E-state index is 6.61. The summed E-state index contributed by atoms with van der Waals surface area (Å²) >= 11 is -1.50. The van der Waals surface area contributed by atoms with Crippen molar-refractivity contribution in [3.05, 3.63) is 0 Å². The van der Waals surface area contributed by atoms with Crippen LogP contribution in [0.3, 0.4) is 0 Å². The Bertz CT molecular complexity index is 104. The topological polar surface area (TPSA) is 26.0 Å². The fourth-order valence-electron chi connectivity index (χ4n) is 1.60. The molecule has 0 saturated carbocycles. The number of nitrogens with two attached hydrogens (primary N) is 1. The minimum atomic E-state index is -1.50. The summed E-state index contributed by atoms with van der Waals surface area (Å²) in [6, 6.07) is 0. The summed E-state index contributed by atoms with van der Waals surface area (Å²) < 4.78 is 6.61. The van der Waals surface area contributed by atoms with Gasteiger partial charge in [-0.25, -0.2) is 0 Å². The molecule has 1 nitrogen and oxygen atoms in total. The van der Waals surface area contributed by atoms with Gasteiger partial charge in [0.25, 0.3) is 0 Å². The average Bonchev–Trinajstić information content (AvgIpc) is 2.21. The Morgan fingerprint density at radius 1 is 0.714 bits per heavy atom. The van der Waals surface area contributed by atoms with E-state index in [-0.39, 0.29) is 0 Å². The Morgan fingerprint density at radius 3 is 1.21 bits per heavy atom. The van der Waals surface area contributed by atoms with Crippen molar-refractivity contribution in [3.63, 3.8) is 0 Å². The van der Waals surface area contributed by atoms with Gasteiger partial charge < -0.3 is 0 Å². The standard InChI is InChI=1S/C12H29NSe/c1-4-7-10-14(13,11-8-5-2)12-9-6-3/h4-13H2,1-3H3. The van der Waals surface area contributed by atoms with Gasteiger partial charge >= 0.3 is 93.1 Å². The summed E-state index contributed by atoms with van der Waals surface area (Å²) in [5.74, 6) is 0. The van der Waals surface area contributed by atoms with Crippen LogP contribution >= 0.6 is 0 Å². The predicted octanol–water partition coefficient (Wildman–Crippen LogP) is 4.29. The maximum atomic E-state index is 6.61. The van der Waals surface area contributed by atoms with Crippen LogP contribution in [0.1, 0.15) is 59.3 Å². The van der Waals surface area contributed by atoms with E-state index in [1.54, 1.807) is 0 Å². The summed E-state index contributed by atoms with van der Waals surface area (Å²) in [4.78, 5) is 0. The van der Waals surface area contributed by atoms with E-state index < -0.39 is 13.1 Å². The molecule has 0 fully saturated rings. The van der Waals surface area contributed by atoms with Gasteiger partial charge in [-0.3, -0.25) is 0 Å². The van der Waals surface area contributed by atoms with E-state index in [2.05, 4.69) is 20.8 Å². The van der Waals surface area contributed by atoms with E-state index in [0.29, 0.717) is 0 Å². The van der Waals surface area contributed by atoms with E-state index >= 15 is 0 Å². The molecule has 0 rings (SSSR count). The first-order valence-corrected chi connectivity index (χ1v) is 10.8. The third-order valence-electron chi connectivity index (χ3n) is 2.71. The summed E-state index contributed by atoms with van der Waals surface area (Å²) in [5, 5.41) is 4.15. The van der Waals surface area contributed by atoms with Gasteiger partial charge in [0, 0.05) is 0 Å². The molecule has 0 atom stereocenters. The molecule has 0 bridgehead atoms. The van der Waals surface area contributed by atoms with Crippen molar-refractivity contribution < 1.29 is 0 Å². The number of rotatable bonds is 9. The second-order valence-electron chi connectivity index (χ2n) is 4.29. The van der Waals surface area contributed by atoms with Crippen LogP contribution in [0, 0.1) is 0 Å². The van der Waals surface area contributed by atoms with Crippen LogP contribution in [0.15, 0.2) is 0 Å². The zero-order chi connectivity index (χ0) is 10.9. The number of unbranched alkanes of at least 4 members (excludes halogenated alkanes) is 3. The summed E-state index contributed by atoms with van der Waals surface area (Å²) in [5.41, 5.74) is 0. The monoisotopic (exact) mass is 267 g/mol. The van der Waals surface area contributed by atoms with Crippen molar-refractivity contribution in [2.24, 2.45) is 4.75 Å². The van der Waals surface area contributed by atoms with E-state index in [0.717, 1.165) is 0 Å². The van der Waals surface area contributed by atoms with Gasteiger partial charge in [-0.15, -0.1) is 0 Å². The van der Waals surface area contributed by atoms with Crippen molar-refractivity contribution in [2.75, 3.05) is 0 Å². The van der Waals surface area contributed by atoms with Crippen molar-refractivity contribution >= 4 is 13.1 Å². The van der Waals surface area contributed by atoms with Crippen LogP contribution in [-0.2, 0) is 0 Å². The van der Waals surface area contributed by atoms with Crippen molar-refractivity contribution in [2.45, 2.75) is 75.3 Å². The third kappa shape index (κ3) is 6.86. The van der Waals surface area contributed by atoms with E-state index in [4.69, 9.17) is 4.75 Å². The van der Waals surface area contributed by atoms with E-state index in [1.807, 2.05) is 0 Å². The van der Waals surface area contributed by atoms with Crippen molar-refractivity contribution in [1.29, 1.82) is 0 Å². The molecule has 88 valence electrons. The first-order chi connectivity index (χ1) is 6.68. The van der Waals surface area contributed by atoms with Crippen LogP contribution < -0.4 is 4.75 Å². The SMILES string of the molecule is CCCC[Se](N)(CCCC)CCCC. The molecule has 0 saturated heterocycles. The Hall–Kier alpha value is 0.479. The Balaban J connectivity index is 3.89. The van der Waals surface area contributed by atoms with Gasteiger partial charge in [-0.2, -0.15) is 0 Å². The number of hydrogen-bond acceptors (Lipinski definition) is 1. The second kappa shape index (κ2) is 8.76. The zero-order valence-corrected chi connectivity index (χ0v) is 12.1. The first-order valence-electron chi connectivity index (χ1n) is 6.22. The third-order valence-corrected chi connectivity index (χ3v) is 9.65. The second-order valence-corrected chi connectivity index (χ2v) is 11.5. The molecule has 0 aliphatic carbocycles. The molecule has 0 aromatic rings. The van der Waals surface area contributed by atoms with Crippen LogP contribution in [0.4, 0.5) is 0 Å². The van der Waals surface area contributed by atoms with E-state index in [1.165, 1.54) is 54.5 Å². The van der Waals surface area contributed by atoms with Crippen LogP contribution in [0.2, 0.25) is 16.0 Å². The molecule has 2 N–H and O–H groups in total. The van der Waals surface area contributed by atoms with Gasteiger partial charge in [-0.05, 0) is 0 Å². The molecule has 0 heterocycles. The molecule has 0 unspecified atom stereocenters. The van der Waals surface area contributed by atoms with Gasteiger partial charge in [0.05, 0.1) is 0 Å². The molecule has 0 aliphatic heterocycles. The molecular weight excluding hydrogens is 237 g/mol. The molecular formula is C12H29NSe. The van der Waals surface area contributed by atoms with E-state index in [9.17, 15) is 0 Å². The minimum absolute atomic E-state index is 1.31. The fourth-order valence-corrected chi connectivity index (χ4v) is 8.32. The molecule has 0 aliphatic rings. The first kappa shape index (κ1) is 14.5. The molecule has 2 heteroatoms. The number of hydrogen-bond donors (Lipinski definition) is 1. The Kier molecular flexibility index (Phi) is 9.06. The quantitative estimate of drug-likeness (QED) is 0.619. The normalized spacial score (nSPS) is 13.1. The molecule has 0 spiro atoms. The Morgan fingerprint density at radius 2 is 1.00 bits per heavy atom. The zero-order valence-electron chi connectivity index (χ0n) is 10.3. The molecule has 0 aromatic carbocycles. The van der Waals surface area contributed by atoms with Gasteiger partial charge in [0.1, 0.15) is 0 Å². The van der Waals surface area contributed by atoms with Gasteiger partial charge in [0.2, 0.25) is 0 Å². The molecule has 14 heavy (non-hydrogen) atoms. The van der Waals surface area contributed by atoms with Crippen molar-refractivity contribution in [3.8, 4) is 0 Å². The van der Waals surface area contributed by atoms with Crippen LogP contribution in [-0.4, -0.2) is 13.1 Å². The van der Waals surface area contributed by atoms with Crippen LogP contribution in [0.5, 0.6) is 0 Å². The molecule has 0 radical (unpaired) electrons. The van der Waals surface area contributed by atoms with Gasteiger partial charge in [0.15, 0.2) is 0 Å². The molecule has 0 amide bonds. The van der Waals surface area contributed by atoms with Crippen LogP contribution in [0.25, 0.3) is 0 Å². The average molecular weight is 266 g/mol. The molecule has 0 aromatic heterocycles. The fraction of sp³-hybridized carbons (Fsp3) is 1.00. The predicted molar refractivity (Wildman–Crippen MR) is 69.1 cm³/mol. The van der Waals surface area contributed by atoms with Gasteiger partial charge in [-0.1, -0.05) is 0 Å². The summed E-state index contributed by atoms with van der Waals surface area (Å²) in [7, 11) is 0. The summed E-state index contributed by atoms with van der Waals surface area (Å²) in [6.07, 6.45) is 8.04. The van der Waals surface area contributed by atoms with Crippen molar-refractivity contribution in [1.82, 2.24) is 0 Å². The Labute approximate surface area is 93.3 Å².